The van der Waals surface area contributed by atoms with Crippen LogP contribution in [0.25, 0.3) is 0 Å². The zero-order valence-corrected chi connectivity index (χ0v) is 19.8. The molecule has 30 heavy (non-hydrogen) atoms. The smallest absolute Gasteiger partial charge is 0.261 e. The first kappa shape index (κ1) is 21.5. The molecule has 0 aliphatic heterocycles. The molecule has 0 aromatic heterocycles. The first-order valence-corrected chi connectivity index (χ1v) is 13.6. The van der Waals surface area contributed by atoms with Gasteiger partial charge in [0.1, 0.15) is 5.78 Å². The Morgan fingerprint density at radius 2 is 1.37 bits per heavy atom. The van der Waals surface area contributed by atoms with Crippen LogP contribution in [0.15, 0.2) is 60.7 Å². The first-order chi connectivity index (χ1) is 14.4. The summed E-state index contributed by atoms with van der Waals surface area (Å²) < 4.78 is 7.02. The average molecular weight is 421 g/mol. The summed E-state index contributed by atoms with van der Waals surface area (Å²) in [6, 6.07) is 21.8. The number of carbonyl (C=O) groups excluding carboxylic acids is 1. The van der Waals surface area contributed by atoms with E-state index < -0.39 is 8.32 Å². The Labute approximate surface area is 183 Å². The van der Waals surface area contributed by atoms with E-state index >= 15 is 0 Å². The Balaban J connectivity index is 1.48. The summed E-state index contributed by atoms with van der Waals surface area (Å²) in [6.07, 6.45) is 6.56. The Bertz CT molecular complexity index is 785. The van der Waals surface area contributed by atoms with Gasteiger partial charge in [-0.3, -0.25) is 4.79 Å². The molecule has 0 amide bonds. The third kappa shape index (κ3) is 4.20. The number of ketones is 1. The first-order valence-electron chi connectivity index (χ1n) is 11.7. The summed E-state index contributed by atoms with van der Waals surface area (Å²) in [5.41, 5.74) is 0. The molecule has 0 heterocycles. The Hall–Kier alpha value is -1.71. The molecule has 160 valence electrons. The minimum Gasteiger partial charge on any atom is -0.407 e. The van der Waals surface area contributed by atoms with Gasteiger partial charge in [-0.1, -0.05) is 81.4 Å². The van der Waals surface area contributed by atoms with Crippen LogP contribution in [-0.4, -0.2) is 20.7 Å². The lowest BCUT2D eigenvalue weighted by molar-refractivity contribution is -0.117. The van der Waals surface area contributed by atoms with E-state index in [0.717, 1.165) is 31.8 Å². The van der Waals surface area contributed by atoms with Gasteiger partial charge in [0, 0.05) is 19.4 Å². The fourth-order valence-corrected chi connectivity index (χ4v) is 10.7. The van der Waals surface area contributed by atoms with E-state index in [4.69, 9.17) is 4.43 Å². The monoisotopic (exact) mass is 420 g/mol. The molecule has 0 spiro atoms. The molecule has 0 saturated heterocycles. The van der Waals surface area contributed by atoms with E-state index in [0.29, 0.717) is 17.6 Å². The molecular weight excluding hydrogens is 384 g/mol. The van der Waals surface area contributed by atoms with Gasteiger partial charge >= 0.3 is 0 Å². The number of fused-ring (bicyclic) bond motifs is 1. The second kappa shape index (κ2) is 8.80. The van der Waals surface area contributed by atoms with Gasteiger partial charge in [-0.05, 0) is 58.8 Å². The highest BCUT2D eigenvalue weighted by atomic mass is 28.4. The van der Waals surface area contributed by atoms with Crippen molar-refractivity contribution in [3.8, 4) is 0 Å². The zero-order chi connectivity index (χ0) is 21.2. The largest absolute Gasteiger partial charge is 0.407 e. The van der Waals surface area contributed by atoms with Crippen LogP contribution in [0, 0.1) is 17.8 Å². The SMILES string of the molecule is CC(C)(C)[Si](OCCCC1C[C@H]2CC(=O)C[C@H]2C1)(c1ccccc1)c1ccccc1. The predicted molar refractivity (Wildman–Crippen MR) is 127 cm³/mol. The molecular formula is C27H36O2Si. The van der Waals surface area contributed by atoms with Gasteiger partial charge in [0.15, 0.2) is 0 Å². The molecule has 3 heteroatoms. The molecule has 0 bridgehead atoms. The van der Waals surface area contributed by atoms with Crippen molar-refractivity contribution in [1.29, 1.82) is 0 Å². The highest BCUT2D eigenvalue weighted by molar-refractivity contribution is 6.99. The second-order valence-corrected chi connectivity index (χ2v) is 14.8. The van der Waals surface area contributed by atoms with Crippen molar-refractivity contribution in [1.82, 2.24) is 0 Å². The van der Waals surface area contributed by atoms with Crippen molar-refractivity contribution in [3.05, 3.63) is 60.7 Å². The van der Waals surface area contributed by atoms with Crippen LogP contribution in [0.3, 0.4) is 0 Å². The molecule has 1 unspecified atom stereocenters. The maximum absolute atomic E-state index is 11.7. The van der Waals surface area contributed by atoms with Crippen molar-refractivity contribution in [2.24, 2.45) is 17.8 Å². The third-order valence-electron chi connectivity index (χ3n) is 7.41. The van der Waals surface area contributed by atoms with Gasteiger partial charge in [-0.15, -0.1) is 0 Å². The van der Waals surface area contributed by atoms with Crippen LogP contribution < -0.4 is 10.4 Å². The van der Waals surface area contributed by atoms with E-state index in [-0.39, 0.29) is 5.04 Å². The van der Waals surface area contributed by atoms with Gasteiger partial charge in [0.05, 0.1) is 0 Å². The predicted octanol–water partition coefficient (Wildman–Crippen LogP) is 5.35. The normalized spacial score (nSPS) is 24.2. The lowest BCUT2D eigenvalue weighted by atomic mass is 9.98. The van der Waals surface area contributed by atoms with Crippen molar-refractivity contribution in [2.45, 2.75) is 64.3 Å². The molecule has 2 fully saturated rings. The molecule has 0 radical (unpaired) electrons. The minimum atomic E-state index is -2.40. The summed E-state index contributed by atoms with van der Waals surface area (Å²) in [4.78, 5) is 11.7. The average Bonchev–Trinajstić information content (AvgIpc) is 3.25. The molecule has 2 aromatic rings. The van der Waals surface area contributed by atoms with E-state index in [1.54, 1.807) is 0 Å². The van der Waals surface area contributed by atoms with Crippen molar-refractivity contribution in [3.63, 3.8) is 0 Å². The van der Waals surface area contributed by atoms with E-state index in [1.165, 1.54) is 29.6 Å². The number of benzene rings is 2. The maximum atomic E-state index is 11.7. The van der Waals surface area contributed by atoms with E-state index in [1.807, 2.05) is 0 Å². The van der Waals surface area contributed by atoms with Crippen LogP contribution in [0.5, 0.6) is 0 Å². The number of Topliss-reactive ketones (excluding diaryl/α,β-unsaturated/α-hetero) is 1. The number of hydrogen-bond acceptors (Lipinski definition) is 2. The van der Waals surface area contributed by atoms with Crippen molar-refractivity contribution >= 4 is 24.5 Å². The van der Waals surface area contributed by atoms with Gasteiger partial charge < -0.3 is 4.43 Å². The Morgan fingerprint density at radius 3 is 1.83 bits per heavy atom. The highest BCUT2D eigenvalue weighted by Gasteiger charge is 2.50. The fraction of sp³-hybridized carbons (Fsp3) is 0.519. The van der Waals surface area contributed by atoms with Gasteiger partial charge in [0.25, 0.3) is 8.32 Å². The van der Waals surface area contributed by atoms with E-state index in [9.17, 15) is 4.79 Å². The zero-order valence-electron chi connectivity index (χ0n) is 18.8. The van der Waals surface area contributed by atoms with Crippen molar-refractivity contribution in [2.75, 3.05) is 6.61 Å². The number of carbonyl (C=O) groups is 1. The second-order valence-electron chi connectivity index (χ2n) is 10.5. The maximum Gasteiger partial charge on any atom is 0.261 e. The molecule has 4 rings (SSSR count). The lowest BCUT2D eigenvalue weighted by Crippen LogP contribution is -2.66. The van der Waals surface area contributed by atoms with Crippen LogP contribution >= 0.6 is 0 Å². The standard InChI is InChI=1S/C27H36O2Si/c1-27(2,3)30(25-12-6-4-7-13-25,26-14-8-5-9-15-26)29-16-10-11-21-17-22-19-24(28)20-23(22)18-21/h4-9,12-15,21-23H,10-11,16-20H2,1-3H3/t21?,22-,23+. The molecule has 0 N–H and O–H groups in total. The van der Waals surface area contributed by atoms with Crippen molar-refractivity contribution < 1.29 is 9.22 Å². The van der Waals surface area contributed by atoms with Gasteiger partial charge in [-0.25, -0.2) is 0 Å². The topological polar surface area (TPSA) is 26.3 Å². The molecule has 2 aliphatic rings. The van der Waals surface area contributed by atoms with Crippen LogP contribution in [0.4, 0.5) is 0 Å². The quantitative estimate of drug-likeness (QED) is 0.446. The summed E-state index contributed by atoms with van der Waals surface area (Å²) in [5.74, 6) is 2.65. The lowest BCUT2D eigenvalue weighted by Gasteiger charge is -2.43. The summed E-state index contributed by atoms with van der Waals surface area (Å²) >= 11 is 0. The summed E-state index contributed by atoms with van der Waals surface area (Å²) in [7, 11) is -2.40. The minimum absolute atomic E-state index is 0.0421. The number of rotatable bonds is 7. The molecule has 2 aromatic carbocycles. The Kier molecular flexibility index (Phi) is 6.31. The molecule has 2 nitrogen and oxygen atoms in total. The van der Waals surface area contributed by atoms with E-state index in [2.05, 4.69) is 81.4 Å². The highest BCUT2D eigenvalue weighted by Crippen LogP contribution is 2.46. The van der Waals surface area contributed by atoms with Crippen LogP contribution in [0.1, 0.15) is 59.3 Å². The summed E-state index contributed by atoms with van der Waals surface area (Å²) in [6.45, 7) is 7.84. The third-order valence-corrected chi connectivity index (χ3v) is 12.5. The summed E-state index contributed by atoms with van der Waals surface area (Å²) in [5, 5.41) is 2.76. The molecule has 2 aliphatic carbocycles. The number of hydrogen-bond donors (Lipinski definition) is 0. The van der Waals surface area contributed by atoms with Gasteiger partial charge in [-0.2, -0.15) is 0 Å². The molecule has 2 saturated carbocycles. The fourth-order valence-electron chi connectivity index (χ4n) is 6.10. The molecule has 3 atom stereocenters. The Morgan fingerprint density at radius 1 is 0.867 bits per heavy atom. The van der Waals surface area contributed by atoms with Crippen LogP contribution in [-0.2, 0) is 9.22 Å². The van der Waals surface area contributed by atoms with Crippen LogP contribution in [0.2, 0.25) is 5.04 Å². The van der Waals surface area contributed by atoms with Gasteiger partial charge in [0.2, 0.25) is 0 Å².